The number of carbonyl (C=O) groups excluding carboxylic acids is 3. The topological polar surface area (TPSA) is 141 Å². The summed E-state index contributed by atoms with van der Waals surface area (Å²) in [7, 11) is 0. The van der Waals surface area contributed by atoms with Crippen molar-refractivity contribution >= 4 is 40.6 Å². The highest BCUT2D eigenvalue weighted by Gasteiger charge is 2.35. The smallest absolute Gasteiger partial charge is 0.272 e. The highest BCUT2D eigenvalue weighted by molar-refractivity contribution is 7.09. The number of benzene rings is 1. The van der Waals surface area contributed by atoms with Crippen LogP contribution in [0.15, 0.2) is 24.3 Å². The molecule has 34 heavy (non-hydrogen) atoms. The van der Waals surface area contributed by atoms with Gasteiger partial charge in [0.2, 0.25) is 5.91 Å². The van der Waals surface area contributed by atoms with E-state index in [4.69, 9.17) is 16.2 Å². The molecule has 3 rings (SSSR count). The molecule has 2 aromatic rings. The Morgan fingerprint density at radius 2 is 1.88 bits per heavy atom. The van der Waals surface area contributed by atoms with Crippen LogP contribution >= 0.6 is 11.5 Å². The van der Waals surface area contributed by atoms with Crippen molar-refractivity contribution < 1.29 is 19.1 Å². The summed E-state index contributed by atoms with van der Waals surface area (Å²) in [6.07, 6.45) is 6.15. The SMILES string of the molecule is CCCC[C@@H](C(=O)NC1CCCC1)N(C(=O)c1snc(C(N)=O)c1N)c1ccc(OCC)cc1. The van der Waals surface area contributed by atoms with Crippen LogP contribution in [-0.2, 0) is 4.79 Å². The summed E-state index contributed by atoms with van der Waals surface area (Å²) < 4.78 is 9.51. The Kier molecular flexibility index (Phi) is 8.86. The lowest BCUT2D eigenvalue weighted by Gasteiger charge is -2.32. The minimum absolute atomic E-state index is 0.0659. The Bertz CT molecular complexity index is 1000. The van der Waals surface area contributed by atoms with Gasteiger partial charge in [-0.2, -0.15) is 4.37 Å². The minimum Gasteiger partial charge on any atom is -0.494 e. The van der Waals surface area contributed by atoms with Crippen LogP contribution in [0.3, 0.4) is 0 Å². The number of nitrogens with zero attached hydrogens (tertiary/aromatic N) is 2. The third kappa shape index (κ3) is 5.85. The van der Waals surface area contributed by atoms with E-state index in [1.807, 2.05) is 13.8 Å². The van der Waals surface area contributed by atoms with Gasteiger partial charge in [-0.1, -0.05) is 32.6 Å². The molecular weight excluding hydrogens is 454 g/mol. The van der Waals surface area contributed by atoms with Crippen LogP contribution in [0, 0.1) is 0 Å². The number of rotatable bonds is 11. The van der Waals surface area contributed by atoms with Crippen LogP contribution < -0.4 is 26.4 Å². The van der Waals surface area contributed by atoms with E-state index in [9.17, 15) is 14.4 Å². The molecule has 1 heterocycles. The van der Waals surface area contributed by atoms with E-state index in [1.54, 1.807) is 24.3 Å². The third-order valence-electron chi connectivity index (χ3n) is 5.95. The molecule has 1 aliphatic carbocycles. The Hall–Kier alpha value is -3.14. The Morgan fingerprint density at radius 3 is 2.44 bits per heavy atom. The van der Waals surface area contributed by atoms with Gasteiger partial charge in [-0.25, -0.2) is 0 Å². The fourth-order valence-corrected chi connectivity index (χ4v) is 4.93. The van der Waals surface area contributed by atoms with Crippen LogP contribution in [0.2, 0.25) is 0 Å². The second-order valence-corrected chi connectivity index (χ2v) is 9.16. The highest BCUT2D eigenvalue weighted by atomic mass is 32.1. The fraction of sp³-hybridized carbons (Fsp3) is 0.500. The van der Waals surface area contributed by atoms with E-state index in [1.165, 1.54) is 4.90 Å². The number of nitrogens with two attached hydrogens (primary N) is 2. The van der Waals surface area contributed by atoms with Crippen molar-refractivity contribution in [3.8, 4) is 5.75 Å². The molecule has 0 unspecified atom stereocenters. The summed E-state index contributed by atoms with van der Waals surface area (Å²) in [6, 6.07) is 6.38. The van der Waals surface area contributed by atoms with Gasteiger partial charge in [0.25, 0.3) is 11.8 Å². The van der Waals surface area contributed by atoms with Gasteiger partial charge in [-0.15, -0.1) is 0 Å². The van der Waals surface area contributed by atoms with Gasteiger partial charge in [0, 0.05) is 11.7 Å². The van der Waals surface area contributed by atoms with Crippen LogP contribution in [0.5, 0.6) is 5.75 Å². The number of anilines is 2. The lowest BCUT2D eigenvalue weighted by atomic mass is 10.0. The zero-order valence-electron chi connectivity index (χ0n) is 19.7. The number of hydrogen-bond donors (Lipinski definition) is 3. The van der Waals surface area contributed by atoms with Crippen molar-refractivity contribution in [2.24, 2.45) is 5.73 Å². The van der Waals surface area contributed by atoms with Crippen molar-refractivity contribution in [2.45, 2.75) is 70.9 Å². The number of nitrogen functional groups attached to an aromatic ring is 1. The monoisotopic (exact) mass is 487 g/mol. The number of hydrogen-bond acceptors (Lipinski definition) is 7. The Morgan fingerprint density at radius 1 is 1.21 bits per heavy atom. The summed E-state index contributed by atoms with van der Waals surface area (Å²) >= 11 is 0.809. The maximum atomic E-state index is 13.8. The van der Waals surface area contributed by atoms with Crippen LogP contribution in [0.25, 0.3) is 0 Å². The van der Waals surface area contributed by atoms with Gasteiger partial charge in [0.05, 0.1) is 12.3 Å². The molecule has 0 saturated heterocycles. The second kappa shape index (κ2) is 11.8. The molecule has 1 saturated carbocycles. The average Bonchev–Trinajstić information content (AvgIpc) is 3.46. The van der Waals surface area contributed by atoms with E-state index in [0.717, 1.165) is 50.1 Å². The third-order valence-corrected chi connectivity index (χ3v) is 6.80. The van der Waals surface area contributed by atoms with Crippen molar-refractivity contribution in [2.75, 3.05) is 17.2 Å². The molecule has 9 nitrogen and oxygen atoms in total. The number of primary amides is 1. The van der Waals surface area contributed by atoms with Gasteiger partial charge >= 0.3 is 0 Å². The first-order valence-electron chi connectivity index (χ1n) is 11.8. The Balaban J connectivity index is 2.02. The van der Waals surface area contributed by atoms with Gasteiger partial charge in [-0.05, 0) is 62.0 Å². The van der Waals surface area contributed by atoms with Crippen LogP contribution in [0.1, 0.15) is 79.0 Å². The van der Waals surface area contributed by atoms with Crippen LogP contribution in [0.4, 0.5) is 11.4 Å². The highest BCUT2D eigenvalue weighted by Crippen LogP contribution is 2.30. The zero-order valence-corrected chi connectivity index (χ0v) is 20.5. The number of nitrogens with one attached hydrogen (secondary N) is 1. The number of unbranched alkanes of at least 4 members (excludes halogenated alkanes) is 1. The average molecular weight is 488 g/mol. The van der Waals surface area contributed by atoms with Crippen molar-refractivity contribution in [3.63, 3.8) is 0 Å². The lowest BCUT2D eigenvalue weighted by molar-refractivity contribution is -0.123. The predicted molar refractivity (Wildman–Crippen MR) is 133 cm³/mol. The quantitative estimate of drug-likeness (QED) is 0.443. The van der Waals surface area contributed by atoms with E-state index in [-0.39, 0.29) is 28.2 Å². The summed E-state index contributed by atoms with van der Waals surface area (Å²) in [5, 5.41) is 3.14. The van der Waals surface area contributed by atoms with Crippen molar-refractivity contribution in [1.82, 2.24) is 9.69 Å². The number of amides is 3. The first-order valence-corrected chi connectivity index (χ1v) is 12.6. The molecule has 184 valence electrons. The van der Waals surface area contributed by atoms with E-state index >= 15 is 0 Å². The summed E-state index contributed by atoms with van der Waals surface area (Å²) in [5.74, 6) is -0.829. The molecule has 1 aromatic carbocycles. The van der Waals surface area contributed by atoms with Gasteiger partial charge in [0.15, 0.2) is 5.69 Å². The summed E-state index contributed by atoms with van der Waals surface area (Å²) in [4.78, 5) is 40.5. The van der Waals surface area contributed by atoms with E-state index < -0.39 is 17.9 Å². The summed E-state index contributed by atoms with van der Waals surface area (Å²) in [5.41, 5.74) is 11.7. The van der Waals surface area contributed by atoms with Crippen molar-refractivity contribution in [1.29, 1.82) is 0 Å². The molecule has 0 bridgehead atoms. The molecule has 10 heteroatoms. The second-order valence-electron chi connectivity index (χ2n) is 8.39. The number of ether oxygens (including phenoxy) is 1. The molecule has 0 spiro atoms. The number of aromatic nitrogens is 1. The number of carbonyl (C=O) groups is 3. The lowest BCUT2D eigenvalue weighted by Crippen LogP contribution is -2.51. The molecule has 3 amide bonds. The zero-order chi connectivity index (χ0) is 24.7. The largest absolute Gasteiger partial charge is 0.494 e. The minimum atomic E-state index is -0.804. The summed E-state index contributed by atoms with van der Waals surface area (Å²) in [6.45, 7) is 4.44. The first-order chi connectivity index (χ1) is 16.4. The Labute approximate surface area is 204 Å². The molecule has 1 atom stereocenters. The standard InChI is InChI=1S/C24H33N5O4S/c1-3-5-10-18(23(31)27-15-8-6-7-9-15)29(16-11-13-17(14-12-16)33-4-2)24(32)21-19(25)20(22(26)30)28-34-21/h11-15,18H,3-10,25H2,1-2H3,(H2,26,30)(H,27,31)/t18-/m0/s1. The fourth-order valence-electron chi connectivity index (χ4n) is 4.19. The normalized spacial score (nSPS) is 14.5. The molecular formula is C24H33N5O4S. The first kappa shape index (κ1) is 25.5. The van der Waals surface area contributed by atoms with Gasteiger partial charge < -0.3 is 21.5 Å². The molecule has 5 N–H and O–H groups in total. The molecule has 0 aliphatic heterocycles. The van der Waals surface area contributed by atoms with Crippen molar-refractivity contribution in [3.05, 3.63) is 34.8 Å². The maximum Gasteiger partial charge on any atom is 0.272 e. The van der Waals surface area contributed by atoms with Crippen LogP contribution in [-0.4, -0.2) is 40.8 Å². The van der Waals surface area contributed by atoms with E-state index in [0.29, 0.717) is 24.5 Å². The molecule has 1 aromatic heterocycles. The van der Waals surface area contributed by atoms with E-state index in [2.05, 4.69) is 9.69 Å². The molecule has 0 radical (unpaired) electrons. The maximum absolute atomic E-state index is 13.8. The van der Waals surface area contributed by atoms with Gasteiger partial charge in [0.1, 0.15) is 16.7 Å². The predicted octanol–water partition coefficient (Wildman–Crippen LogP) is 3.49. The molecule has 1 fully saturated rings. The van der Waals surface area contributed by atoms with Gasteiger partial charge in [-0.3, -0.25) is 19.3 Å². The molecule has 1 aliphatic rings.